The largest absolute Gasteiger partial charge is 0.384 e. The summed E-state index contributed by atoms with van der Waals surface area (Å²) in [5.41, 5.74) is 0. The normalized spacial score (nSPS) is 22.8. The van der Waals surface area contributed by atoms with Crippen molar-refractivity contribution in [1.29, 1.82) is 0 Å². The van der Waals surface area contributed by atoms with Gasteiger partial charge in [0.2, 0.25) is 0 Å². The number of anilines is 2. The van der Waals surface area contributed by atoms with Gasteiger partial charge < -0.3 is 15.0 Å². The lowest BCUT2D eigenvalue weighted by Crippen LogP contribution is -2.22. The molecule has 1 aromatic rings. The van der Waals surface area contributed by atoms with E-state index in [-0.39, 0.29) is 0 Å². The average Bonchev–Trinajstić information content (AvgIpc) is 3.19. The fourth-order valence-corrected chi connectivity index (χ4v) is 2.68. The van der Waals surface area contributed by atoms with Crippen LogP contribution in [-0.2, 0) is 4.74 Å². The minimum Gasteiger partial charge on any atom is -0.384 e. The topological polar surface area (TPSA) is 50.3 Å². The van der Waals surface area contributed by atoms with E-state index in [0.717, 1.165) is 37.2 Å². The zero-order valence-corrected chi connectivity index (χ0v) is 11.7. The first-order chi connectivity index (χ1) is 9.30. The third-order valence-corrected chi connectivity index (χ3v) is 3.94. The third kappa shape index (κ3) is 2.81. The second kappa shape index (κ2) is 5.33. The van der Waals surface area contributed by atoms with Crippen molar-refractivity contribution in [3.05, 3.63) is 11.9 Å². The molecule has 5 heteroatoms. The summed E-state index contributed by atoms with van der Waals surface area (Å²) in [6, 6.07) is 2.06. The first kappa shape index (κ1) is 12.7. The maximum Gasteiger partial charge on any atom is 0.136 e. The van der Waals surface area contributed by atoms with E-state index in [1.165, 1.54) is 19.3 Å². The first-order valence-corrected chi connectivity index (χ1v) is 7.10. The summed E-state index contributed by atoms with van der Waals surface area (Å²) >= 11 is 0. The molecule has 1 unspecified atom stereocenters. The van der Waals surface area contributed by atoms with Gasteiger partial charge in [0, 0.05) is 45.1 Å². The molecule has 0 bridgehead atoms. The van der Waals surface area contributed by atoms with Gasteiger partial charge in [0.05, 0.1) is 6.61 Å². The first-order valence-electron chi connectivity index (χ1n) is 7.10. The third-order valence-electron chi connectivity index (χ3n) is 3.94. The lowest BCUT2D eigenvalue weighted by atomic mass is 10.1. The second-order valence-corrected chi connectivity index (χ2v) is 5.55. The van der Waals surface area contributed by atoms with Crippen molar-refractivity contribution in [3.63, 3.8) is 0 Å². The van der Waals surface area contributed by atoms with Crippen LogP contribution in [-0.4, -0.2) is 43.8 Å². The Kier molecular flexibility index (Phi) is 3.55. The van der Waals surface area contributed by atoms with Crippen molar-refractivity contribution >= 4 is 11.6 Å². The van der Waals surface area contributed by atoms with Gasteiger partial charge in [-0.3, -0.25) is 0 Å². The standard InChI is InChI=1S/C14H22N4O/c1-15-12-7-13(17-14(16-12)11-3-4-11)18-6-5-10(8-18)9-19-2/h7,10-11H,3-6,8-9H2,1-2H3,(H,15,16,17). The Morgan fingerprint density at radius 3 is 2.89 bits per heavy atom. The molecule has 2 aliphatic rings. The Morgan fingerprint density at radius 2 is 2.21 bits per heavy atom. The Morgan fingerprint density at radius 1 is 1.37 bits per heavy atom. The number of nitrogens with one attached hydrogen (secondary N) is 1. The molecule has 1 saturated carbocycles. The van der Waals surface area contributed by atoms with Crippen LogP contribution >= 0.6 is 0 Å². The molecule has 2 heterocycles. The van der Waals surface area contributed by atoms with Crippen LogP contribution in [0.25, 0.3) is 0 Å². The molecule has 2 fully saturated rings. The van der Waals surface area contributed by atoms with Crippen LogP contribution in [0, 0.1) is 5.92 Å². The Balaban J connectivity index is 1.78. The number of hydrogen-bond acceptors (Lipinski definition) is 5. The molecule has 1 atom stereocenters. The number of hydrogen-bond donors (Lipinski definition) is 1. The highest BCUT2D eigenvalue weighted by Crippen LogP contribution is 2.39. The molecule has 1 aliphatic carbocycles. The van der Waals surface area contributed by atoms with Crippen LogP contribution in [0.2, 0.25) is 0 Å². The molecule has 19 heavy (non-hydrogen) atoms. The molecule has 3 rings (SSSR count). The molecule has 1 N–H and O–H groups in total. The molecule has 5 nitrogen and oxygen atoms in total. The maximum absolute atomic E-state index is 5.26. The van der Waals surface area contributed by atoms with Gasteiger partial charge in [0.25, 0.3) is 0 Å². The van der Waals surface area contributed by atoms with Crippen molar-refractivity contribution in [2.45, 2.75) is 25.2 Å². The van der Waals surface area contributed by atoms with Gasteiger partial charge >= 0.3 is 0 Å². The van der Waals surface area contributed by atoms with E-state index in [1.807, 2.05) is 7.05 Å². The molecule has 0 aromatic carbocycles. The molecule has 0 amide bonds. The monoisotopic (exact) mass is 262 g/mol. The van der Waals surface area contributed by atoms with Crippen LogP contribution in [0.15, 0.2) is 6.07 Å². The Hall–Kier alpha value is -1.36. The number of rotatable bonds is 5. The highest BCUT2D eigenvalue weighted by Gasteiger charge is 2.29. The maximum atomic E-state index is 5.26. The highest BCUT2D eigenvalue weighted by molar-refractivity contribution is 5.50. The van der Waals surface area contributed by atoms with E-state index in [9.17, 15) is 0 Å². The minimum absolute atomic E-state index is 0.587. The van der Waals surface area contributed by atoms with Gasteiger partial charge in [0.15, 0.2) is 0 Å². The molecule has 0 radical (unpaired) electrons. The van der Waals surface area contributed by atoms with Crippen molar-refractivity contribution in [2.75, 3.05) is 44.1 Å². The smallest absolute Gasteiger partial charge is 0.136 e. The predicted octanol–water partition coefficient (Wildman–Crippen LogP) is 1.87. The van der Waals surface area contributed by atoms with Gasteiger partial charge in [-0.25, -0.2) is 9.97 Å². The summed E-state index contributed by atoms with van der Waals surface area (Å²) in [7, 11) is 3.69. The van der Waals surface area contributed by atoms with E-state index in [2.05, 4.69) is 21.3 Å². The zero-order chi connectivity index (χ0) is 13.2. The summed E-state index contributed by atoms with van der Waals surface area (Å²) in [5, 5.41) is 3.15. The molecule has 1 aromatic heterocycles. The molecule has 1 aliphatic heterocycles. The Labute approximate surface area is 114 Å². The predicted molar refractivity (Wildman–Crippen MR) is 75.7 cm³/mol. The van der Waals surface area contributed by atoms with Crippen LogP contribution in [0.4, 0.5) is 11.6 Å². The molecular weight excluding hydrogens is 240 g/mol. The molecule has 1 saturated heterocycles. The summed E-state index contributed by atoms with van der Waals surface area (Å²) in [6.07, 6.45) is 3.66. The molecular formula is C14H22N4O. The van der Waals surface area contributed by atoms with Crippen molar-refractivity contribution in [1.82, 2.24) is 9.97 Å². The number of aromatic nitrogens is 2. The van der Waals surface area contributed by atoms with Crippen molar-refractivity contribution in [2.24, 2.45) is 5.92 Å². The van der Waals surface area contributed by atoms with Crippen molar-refractivity contribution in [3.8, 4) is 0 Å². The zero-order valence-electron chi connectivity index (χ0n) is 11.7. The van der Waals surface area contributed by atoms with Gasteiger partial charge in [-0.2, -0.15) is 0 Å². The lowest BCUT2D eigenvalue weighted by Gasteiger charge is -2.19. The van der Waals surface area contributed by atoms with Crippen LogP contribution in [0.1, 0.15) is 31.0 Å². The van der Waals surface area contributed by atoms with E-state index < -0.39 is 0 Å². The number of methoxy groups -OCH3 is 1. The second-order valence-electron chi connectivity index (χ2n) is 5.55. The summed E-state index contributed by atoms with van der Waals surface area (Å²) in [5.74, 6) is 4.23. The van der Waals surface area contributed by atoms with Gasteiger partial charge in [-0.15, -0.1) is 0 Å². The molecule has 104 valence electrons. The number of ether oxygens (including phenoxy) is 1. The van der Waals surface area contributed by atoms with Gasteiger partial charge in [0.1, 0.15) is 17.5 Å². The fourth-order valence-electron chi connectivity index (χ4n) is 2.68. The minimum atomic E-state index is 0.587. The van der Waals surface area contributed by atoms with Crippen LogP contribution in [0.5, 0.6) is 0 Å². The summed E-state index contributed by atoms with van der Waals surface area (Å²) in [6.45, 7) is 2.95. The summed E-state index contributed by atoms with van der Waals surface area (Å²) < 4.78 is 5.26. The quantitative estimate of drug-likeness (QED) is 0.878. The number of nitrogens with zero attached hydrogens (tertiary/aromatic N) is 3. The van der Waals surface area contributed by atoms with E-state index in [4.69, 9.17) is 9.72 Å². The van der Waals surface area contributed by atoms with Crippen LogP contribution in [0.3, 0.4) is 0 Å². The van der Waals surface area contributed by atoms with Gasteiger partial charge in [-0.1, -0.05) is 0 Å². The SMILES string of the molecule is CNc1cc(N2CCC(COC)C2)nc(C2CC2)n1. The lowest BCUT2D eigenvalue weighted by molar-refractivity contribution is 0.161. The van der Waals surface area contributed by atoms with Crippen LogP contribution < -0.4 is 10.2 Å². The summed E-state index contributed by atoms with van der Waals surface area (Å²) in [4.78, 5) is 11.7. The average molecular weight is 262 g/mol. The highest BCUT2D eigenvalue weighted by atomic mass is 16.5. The Bertz CT molecular complexity index is 447. The van der Waals surface area contributed by atoms with E-state index in [0.29, 0.717) is 11.8 Å². The van der Waals surface area contributed by atoms with E-state index in [1.54, 1.807) is 7.11 Å². The van der Waals surface area contributed by atoms with Crippen molar-refractivity contribution < 1.29 is 4.74 Å². The van der Waals surface area contributed by atoms with E-state index >= 15 is 0 Å². The van der Waals surface area contributed by atoms with Gasteiger partial charge in [-0.05, 0) is 19.3 Å². The molecule has 0 spiro atoms. The fraction of sp³-hybridized carbons (Fsp3) is 0.714.